The van der Waals surface area contributed by atoms with Gasteiger partial charge in [0.2, 0.25) is 0 Å². The minimum atomic E-state index is 1.17. The van der Waals surface area contributed by atoms with Crippen LogP contribution >= 0.6 is 0 Å². The van der Waals surface area contributed by atoms with Crippen LogP contribution in [-0.2, 0) is 0 Å². The Hall–Kier alpha value is -4.94. The van der Waals surface area contributed by atoms with Gasteiger partial charge in [-0.3, -0.25) is 0 Å². The Labute approximate surface area is 229 Å². The normalized spacial score (nSPS) is 11.7. The molecular weight excluding hydrogens is 468 g/mol. The number of benzene rings is 7. The topological polar surface area (TPSA) is 0 Å². The molecule has 0 heteroatoms. The molecule has 0 radical (unpaired) electrons. The predicted octanol–water partition coefficient (Wildman–Crippen LogP) is 11.3. The minimum absolute atomic E-state index is 1.17. The van der Waals surface area contributed by atoms with E-state index in [0.29, 0.717) is 0 Å². The summed E-state index contributed by atoms with van der Waals surface area (Å²) in [6.07, 6.45) is 6.30. The largest absolute Gasteiger partial charge is 0.0984 e. The quantitative estimate of drug-likeness (QED) is 0.213. The maximum Gasteiger partial charge on any atom is -0.00988 e. The first-order valence-corrected chi connectivity index (χ1v) is 13.5. The van der Waals surface area contributed by atoms with Gasteiger partial charge in [0.1, 0.15) is 0 Å². The van der Waals surface area contributed by atoms with Gasteiger partial charge in [0.05, 0.1) is 0 Å². The van der Waals surface area contributed by atoms with E-state index in [1.807, 2.05) is 6.08 Å². The summed E-state index contributed by atoms with van der Waals surface area (Å²) in [6.45, 7) is 6.26. The van der Waals surface area contributed by atoms with Gasteiger partial charge in [0.25, 0.3) is 0 Å². The van der Waals surface area contributed by atoms with Gasteiger partial charge >= 0.3 is 0 Å². The molecule has 0 aliphatic carbocycles. The summed E-state index contributed by atoms with van der Waals surface area (Å²) in [5.74, 6) is 0. The summed E-state index contributed by atoms with van der Waals surface area (Å²) in [7, 11) is 0. The molecule has 0 N–H and O–H groups in total. The van der Waals surface area contributed by atoms with E-state index in [1.54, 1.807) is 0 Å². The Bertz CT molecular complexity index is 2090. The van der Waals surface area contributed by atoms with E-state index < -0.39 is 0 Å². The van der Waals surface area contributed by atoms with Crippen LogP contribution in [0.4, 0.5) is 0 Å². The molecule has 0 aliphatic rings. The Balaban J connectivity index is 1.40. The van der Waals surface area contributed by atoms with Crippen LogP contribution in [0.2, 0.25) is 0 Å². The lowest BCUT2D eigenvalue weighted by molar-refractivity contribution is 1.61. The lowest BCUT2D eigenvalue weighted by Crippen LogP contribution is -1.91. The fourth-order valence-corrected chi connectivity index (χ4v) is 6.07. The molecule has 39 heavy (non-hydrogen) atoms. The molecule has 0 aromatic heterocycles. The van der Waals surface area contributed by atoms with Gasteiger partial charge in [-0.25, -0.2) is 0 Å². The molecule has 7 aromatic carbocycles. The molecule has 7 rings (SSSR count). The summed E-state index contributed by atoms with van der Waals surface area (Å²) in [5.41, 5.74) is 7.32. The van der Waals surface area contributed by atoms with Gasteiger partial charge in [-0.2, -0.15) is 0 Å². The van der Waals surface area contributed by atoms with E-state index in [2.05, 4.69) is 147 Å². The fourth-order valence-electron chi connectivity index (χ4n) is 6.07. The number of hydrogen-bond acceptors (Lipinski definition) is 0. The highest BCUT2D eigenvalue weighted by molar-refractivity contribution is 6.14. The summed E-state index contributed by atoms with van der Waals surface area (Å²) in [5, 5.41) is 10.1. The van der Waals surface area contributed by atoms with Crippen molar-refractivity contribution in [3.8, 4) is 22.3 Å². The molecule has 0 saturated carbocycles. The van der Waals surface area contributed by atoms with E-state index in [4.69, 9.17) is 0 Å². The summed E-state index contributed by atoms with van der Waals surface area (Å²) in [4.78, 5) is 0. The molecule has 0 nitrogen and oxygen atoms in total. The minimum Gasteiger partial charge on any atom is -0.0984 e. The number of allylic oxidation sites excluding steroid dienone is 1. The molecule has 0 atom stereocenters. The van der Waals surface area contributed by atoms with Gasteiger partial charge < -0.3 is 0 Å². The van der Waals surface area contributed by atoms with E-state index in [-0.39, 0.29) is 0 Å². The second-order valence-electron chi connectivity index (χ2n) is 10.1. The van der Waals surface area contributed by atoms with E-state index in [0.717, 1.165) is 0 Å². The average Bonchev–Trinajstić information content (AvgIpc) is 3.00. The van der Waals surface area contributed by atoms with Crippen LogP contribution in [0, 0.1) is 0 Å². The van der Waals surface area contributed by atoms with Crippen LogP contribution in [0.25, 0.3) is 77.5 Å². The van der Waals surface area contributed by atoms with Crippen LogP contribution in [-0.4, -0.2) is 0 Å². The van der Waals surface area contributed by atoms with Crippen LogP contribution in [0.3, 0.4) is 0 Å². The van der Waals surface area contributed by atoms with Gasteiger partial charge in [0, 0.05) is 0 Å². The van der Waals surface area contributed by atoms with E-state index in [1.165, 1.54) is 76.5 Å². The molecule has 0 amide bonds. The smallest absolute Gasteiger partial charge is 0.00988 e. The van der Waals surface area contributed by atoms with Crippen molar-refractivity contribution >= 4 is 55.2 Å². The summed E-state index contributed by atoms with van der Waals surface area (Å²) >= 11 is 0. The zero-order chi connectivity index (χ0) is 26.3. The van der Waals surface area contributed by atoms with Crippen molar-refractivity contribution in [3.63, 3.8) is 0 Å². The standard InChI is InChI=1S/C39H28/c1-3-11-35-32(4-2)38(24-28-12-5-7-14-33(28)35)30-20-18-27-23-31(21-19-26(27)22-30)39-25-29-13-6-8-15-34(29)36-16-9-10-17-37(36)39/h3-25H,2H2,1H3/b11-3-. The second kappa shape index (κ2) is 9.42. The molecule has 0 aliphatic heterocycles. The third-order valence-electron chi connectivity index (χ3n) is 7.90. The highest BCUT2D eigenvalue weighted by Crippen LogP contribution is 2.38. The number of hydrogen-bond donors (Lipinski definition) is 0. The Morgan fingerprint density at radius 3 is 1.67 bits per heavy atom. The number of rotatable bonds is 4. The SMILES string of the molecule is C=Cc1c(-c2ccc3cc(-c4cc5ccccc5c5ccccc45)ccc3c2)cc2ccccc2c1/C=C\C. The van der Waals surface area contributed by atoms with Crippen molar-refractivity contribution in [2.75, 3.05) is 0 Å². The monoisotopic (exact) mass is 496 g/mol. The molecule has 0 spiro atoms. The van der Waals surface area contributed by atoms with Crippen molar-refractivity contribution in [2.45, 2.75) is 6.92 Å². The van der Waals surface area contributed by atoms with Crippen molar-refractivity contribution in [1.29, 1.82) is 0 Å². The van der Waals surface area contributed by atoms with Crippen molar-refractivity contribution in [3.05, 3.63) is 145 Å². The highest BCUT2D eigenvalue weighted by atomic mass is 14.2. The van der Waals surface area contributed by atoms with Crippen molar-refractivity contribution < 1.29 is 0 Å². The van der Waals surface area contributed by atoms with Gasteiger partial charge in [-0.1, -0.05) is 122 Å². The third kappa shape index (κ3) is 3.85. The first-order chi connectivity index (χ1) is 19.2. The van der Waals surface area contributed by atoms with Crippen LogP contribution < -0.4 is 0 Å². The third-order valence-corrected chi connectivity index (χ3v) is 7.90. The first-order valence-electron chi connectivity index (χ1n) is 13.5. The number of fused-ring (bicyclic) bond motifs is 5. The molecule has 0 fully saturated rings. The van der Waals surface area contributed by atoms with Crippen molar-refractivity contribution in [1.82, 2.24) is 0 Å². The molecule has 7 aromatic rings. The Kier molecular flexibility index (Phi) is 5.60. The van der Waals surface area contributed by atoms with Gasteiger partial charge in [-0.05, 0) is 108 Å². The maximum atomic E-state index is 4.19. The fraction of sp³-hybridized carbons (Fsp3) is 0.0256. The average molecular weight is 497 g/mol. The lowest BCUT2D eigenvalue weighted by atomic mass is 9.88. The summed E-state index contributed by atoms with van der Waals surface area (Å²) in [6, 6.07) is 44.3. The van der Waals surface area contributed by atoms with E-state index >= 15 is 0 Å². The predicted molar refractivity (Wildman–Crippen MR) is 172 cm³/mol. The van der Waals surface area contributed by atoms with Crippen LogP contribution in [0.5, 0.6) is 0 Å². The zero-order valence-corrected chi connectivity index (χ0v) is 22.0. The molecule has 184 valence electrons. The molecule has 0 unspecified atom stereocenters. The molecule has 0 saturated heterocycles. The first kappa shape index (κ1) is 23.2. The van der Waals surface area contributed by atoms with E-state index in [9.17, 15) is 0 Å². The van der Waals surface area contributed by atoms with Gasteiger partial charge in [-0.15, -0.1) is 0 Å². The molecule has 0 heterocycles. The van der Waals surface area contributed by atoms with Crippen LogP contribution in [0.15, 0.2) is 134 Å². The lowest BCUT2D eigenvalue weighted by Gasteiger charge is -2.15. The summed E-state index contributed by atoms with van der Waals surface area (Å²) < 4.78 is 0. The molecular formula is C39H28. The maximum absolute atomic E-state index is 4.19. The van der Waals surface area contributed by atoms with Crippen molar-refractivity contribution in [2.24, 2.45) is 0 Å². The van der Waals surface area contributed by atoms with Crippen LogP contribution in [0.1, 0.15) is 18.1 Å². The second-order valence-corrected chi connectivity index (χ2v) is 10.1. The Morgan fingerprint density at radius 2 is 1.00 bits per heavy atom. The van der Waals surface area contributed by atoms with Gasteiger partial charge in [0.15, 0.2) is 0 Å². The zero-order valence-electron chi connectivity index (χ0n) is 22.0. The molecule has 0 bridgehead atoms. The highest BCUT2D eigenvalue weighted by Gasteiger charge is 2.13. The Morgan fingerprint density at radius 1 is 0.462 bits per heavy atom.